The van der Waals surface area contributed by atoms with Crippen LogP contribution >= 0.6 is 0 Å². The smallest absolute Gasteiger partial charge is 0.183 e. The second-order valence-electron chi connectivity index (χ2n) is 18.6. The number of benzene rings is 11. The first-order valence-corrected chi connectivity index (χ1v) is 24.0. The first-order chi connectivity index (χ1) is 35.2. The monoisotopic (exact) mass is 904 g/mol. The van der Waals surface area contributed by atoms with Crippen molar-refractivity contribution in [1.29, 1.82) is 0 Å². The van der Waals surface area contributed by atoms with Crippen molar-refractivity contribution < 1.29 is 8.83 Å². The summed E-state index contributed by atoms with van der Waals surface area (Å²) in [4.78, 5) is 16.2. The molecule has 0 aliphatic heterocycles. The van der Waals surface area contributed by atoms with Crippen LogP contribution < -0.4 is 0 Å². The van der Waals surface area contributed by atoms with Crippen LogP contribution in [0, 0.1) is 0 Å². The normalized spacial score (nSPS) is 12.2. The third-order valence-corrected chi connectivity index (χ3v) is 14.8. The summed E-state index contributed by atoms with van der Waals surface area (Å²) < 4.78 is 15.5. The van der Waals surface area contributed by atoms with E-state index in [1.807, 2.05) is 36.4 Å². The number of imidazole rings is 1. The van der Waals surface area contributed by atoms with Crippen LogP contribution in [0.4, 0.5) is 0 Å². The molecule has 0 radical (unpaired) electrons. The predicted molar refractivity (Wildman–Crippen MR) is 292 cm³/mol. The summed E-state index contributed by atoms with van der Waals surface area (Å²) in [5, 5.41) is 15.0. The van der Waals surface area contributed by atoms with E-state index in [1.54, 1.807) is 0 Å². The highest BCUT2D eigenvalue weighted by Gasteiger charge is 2.25. The van der Waals surface area contributed by atoms with Gasteiger partial charge in [0.15, 0.2) is 11.5 Å². The number of fused-ring (bicyclic) bond motifs is 20. The molecule has 0 aliphatic carbocycles. The van der Waals surface area contributed by atoms with E-state index >= 15 is 0 Å². The molecule has 0 spiro atoms. The van der Waals surface area contributed by atoms with Gasteiger partial charge in [0.05, 0.1) is 5.52 Å². The van der Waals surface area contributed by atoms with Crippen molar-refractivity contribution in [2.75, 3.05) is 0 Å². The van der Waals surface area contributed by atoms with Gasteiger partial charge in [-0.2, -0.15) is 0 Å². The van der Waals surface area contributed by atoms with E-state index in [4.69, 9.17) is 23.8 Å². The molecule has 16 rings (SSSR count). The number of hydrogen-bond donors (Lipinski definition) is 0. The second kappa shape index (κ2) is 14.4. The van der Waals surface area contributed by atoms with Crippen LogP contribution in [0.1, 0.15) is 0 Å². The largest absolute Gasteiger partial charge is 0.456 e. The molecular formula is C65H36N4O2. The molecule has 0 N–H and O–H groups in total. The first-order valence-electron chi connectivity index (χ1n) is 24.0. The van der Waals surface area contributed by atoms with E-state index in [2.05, 4.69) is 186 Å². The lowest BCUT2D eigenvalue weighted by atomic mass is 9.91. The Hall–Kier alpha value is -9.65. The zero-order valence-corrected chi connectivity index (χ0v) is 37.9. The Kier molecular flexibility index (Phi) is 7.79. The van der Waals surface area contributed by atoms with Crippen LogP contribution in [0.3, 0.4) is 0 Å². The number of furan rings is 2. The molecule has 0 amide bonds. The summed E-state index contributed by atoms with van der Waals surface area (Å²) in [6, 6.07) is 77.4. The van der Waals surface area contributed by atoms with E-state index in [9.17, 15) is 0 Å². The zero-order chi connectivity index (χ0) is 46.3. The van der Waals surface area contributed by atoms with Crippen LogP contribution in [0.15, 0.2) is 227 Å². The van der Waals surface area contributed by atoms with Crippen LogP contribution in [0.2, 0.25) is 0 Å². The van der Waals surface area contributed by atoms with Gasteiger partial charge in [0.25, 0.3) is 0 Å². The molecule has 0 aliphatic rings. The molecule has 6 heteroatoms. The fraction of sp³-hybridized carbons (Fsp3) is 0. The molecule has 5 aromatic heterocycles. The number of pyridine rings is 1. The molecule has 328 valence electrons. The lowest BCUT2D eigenvalue weighted by Gasteiger charge is -2.15. The highest BCUT2D eigenvalue weighted by molar-refractivity contribution is 6.27. The Balaban J connectivity index is 0.971. The van der Waals surface area contributed by atoms with Gasteiger partial charge >= 0.3 is 0 Å². The van der Waals surface area contributed by atoms with Crippen LogP contribution in [0.5, 0.6) is 0 Å². The number of para-hydroxylation sites is 1. The topological polar surface area (TPSA) is 69.4 Å². The van der Waals surface area contributed by atoms with Crippen LogP contribution in [-0.4, -0.2) is 19.4 Å². The zero-order valence-electron chi connectivity index (χ0n) is 37.9. The number of nitrogens with zero attached hydrogens (tertiary/aromatic N) is 4. The van der Waals surface area contributed by atoms with Gasteiger partial charge < -0.3 is 8.83 Å². The maximum absolute atomic E-state index is 6.73. The summed E-state index contributed by atoms with van der Waals surface area (Å²) in [6.45, 7) is 0. The minimum absolute atomic E-state index is 0.610. The van der Waals surface area contributed by atoms with Gasteiger partial charge in [-0.25, -0.2) is 15.0 Å². The molecule has 0 atom stereocenters. The minimum Gasteiger partial charge on any atom is -0.456 e. The molecule has 5 heterocycles. The van der Waals surface area contributed by atoms with Crippen LogP contribution in [0.25, 0.3) is 160 Å². The Morgan fingerprint density at radius 1 is 0.310 bits per heavy atom. The van der Waals surface area contributed by atoms with E-state index in [1.165, 1.54) is 32.3 Å². The highest BCUT2D eigenvalue weighted by Crippen LogP contribution is 2.46. The Morgan fingerprint density at radius 2 is 0.831 bits per heavy atom. The predicted octanol–water partition coefficient (Wildman–Crippen LogP) is 17.5. The van der Waals surface area contributed by atoms with Gasteiger partial charge in [-0.15, -0.1) is 0 Å². The van der Waals surface area contributed by atoms with E-state index in [0.717, 1.165) is 116 Å². The molecule has 0 fully saturated rings. The van der Waals surface area contributed by atoms with Gasteiger partial charge in [0.2, 0.25) is 0 Å². The van der Waals surface area contributed by atoms with Gasteiger partial charge in [-0.3, -0.25) is 4.40 Å². The summed E-state index contributed by atoms with van der Waals surface area (Å²) >= 11 is 0. The molecule has 71 heavy (non-hydrogen) atoms. The second-order valence-corrected chi connectivity index (χ2v) is 18.6. The summed E-state index contributed by atoms with van der Waals surface area (Å²) in [5.41, 5.74) is 13.7. The van der Waals surface area contributed by atoms with Crippen molar-refractivity contribution in [2.24, 2.45) is 0 Å². The van der Waals surface area contributed by atoms with E-state index < -0.39 is 0 Å². The number of aromatic nitrogens is 4. The molecule has 0 saturated heterocycles. The molecule has 16 aromatic rings. The van der Waals surface area contributed by atoms with Crippen molar-refractivity contribution in [3.63, 3.8) is 0 Å². The van der Waals surface area contributed by atoms with Crippen molar-refractivity contribution in [1.82, 2.24) is 19.4 Å². The summed E-state index contributed by atoms with van der Waals surface area (Å²) in [5.74, 6) is 0.610. The standard InChI is InChI=1S/C65H36N4O2/c1-2-15-37(16-3-1)63-66-61(50-26-14-30-57-60(50)49-23-10-11-28-54(49)70-57)62-64(67-63)68-65-48-22-9-8-21-47(48)58-45(24-12-27-53(58)69(62)65)46-25-13-29-56-59(46)52-36-39(32-34-55(52)71-56)38-31-33-44-42-19-5-4-17-40(42)41-18-6-7-20-43(41)51(44)35-38/h1-36H. The third kappa shape index (κ3) is 5.44. The number of rotatable bonds is 4. The fourth-order valence-electron chi connectivity index (χ4n) is 11.7. The average Bonchev–Trinajstić information content (AvgIpc) is 4.15. The van der Waals surface area contributed by atoms with Gasteiger partial charge in [-0.05, 0) is 102 Å². The average molecular weight is 905 g/mol. The van der Waals surface area contributed by atoms with Crippen molar-refractivity contribution in [2.45, 2.75) is 0 Å². The maximum Gasteiger partial charge on any atom is 0.183 e. The SMILES string of the molecule is c1ccc(-c2nc(-c3cccc4oc5ccccc5c34)c3c(n2)nc2c4ccccc4c4c(-c5cccc6oc7ccc(-c8ccc9c%10ccccc%10c%10ccccc%10c9c8)cc7c56)cccc4n23)cc1. The number of hydrogen-bond acceptors (Lipinski definition) is 5. The lowest BCUT2D eigenvalue weighted by Crippen LogP contribution is -1.98. The molecule has 0 saturated carbocycles. The quantitative estimate of drug-likeness (QED) is 0.165. The Morgan fingerprint density at radius 3 is 1.56 bits per heavy atom. The van der Waals surface area contributed by atoms with Gasteiger partial charge in [-0.1, -0.05) is 176 Å². The third-order valence-electron chi connectivity index (χ3n) is 14.8. The highest BCUT2D eigenvalue weighted by atomic mass is 16.3. The molecule has 0 unspecified atom stereocenters. The molecular weight excluding hydrogens is 869 g/mol. The summed E-state index contributed by atoms with van der Waals surface area (Å²) in [7, 11) is 0. The lowest BCUT2D eigenvalue weighted by molar-refractivity contribution is 0.668. The Bertz CT molecular complexity index is 4910. The molecule has 0 bridgehead atoms. The fourth-order valence-corrected chi connectivity index (χ4v) is 11.7. The van der Waals surface area contributed by atoms with Crippen LogP contribution in [-0.2, 0) is 0 Å². The maximum atomic E-state index is 6.73. The molecule has 11 aromatic carbocycles. The van der Waals surface area contributed by atoms with Gasteiger partial charge in [0, 0.05) is 43.4 Å². The van der Waals surface area contributed by atoms with E-state index in [0.29, 0.717) is 11.5 Å². The Labute approximate surface area is 404 Å². The van der Waals surface area contributed by atoms with Gasteiger partial charge in [0.1, 0.15) is 39.2 Å². The van der Waals surface area contributed by atoms with E-state index in [-0.39, 0.29) is 0 Å². The minimum atomic E-state index is 0.610. The first kappa shape index (κ1) is 38.3. The summed E-state index contributed by atoms with van der Waals surface area (Å²) in [6.07, 6.45) is 0. The van der Waals surface area contributed by atoms with Crippen molar-refractivity contribution in [3.8, 4) is 44.9 Å². The van der Waals surface area contributed by atoms with Crippen molar-refractivity contribution >= 4 is 115 Å². The van der Waals surface area contributed by atoms with Crippen molar-refractivity contribution in [3.05, 3.63) is 218 Å². The molecule has 6 nitrogen and oxygen atoms in total.